The van der Waals surface area contributed by atoms with Crippen LogP contribution in [0.25, 0.3) is 5.65 Å². The SMILES string of the molecule is O=C(O)N[C@H]1C[C@H](Oc2ccc3ncc(Br)n3n2)C1. The number of imidazole rings is 1. The summed E-state index contributed by atoms with van der Waals surface area (Å²) >= 11 is 3.34. The highest BCUT2D eigenvalue weighted by molar-refractivity contribution is 9.10. The molecule has 1 fully saturated rings. The molecule has 3 rings (SSSR count). The van der Waals surface area contributed by atoms with Gasteiger partial charge in [0.2, 0.25) is 5.88 Å². The molecule has 100 valence electrons. The van der Waals surface area contributed by atoms with E-state index in [0.29, 0.717) is 18.7 Å². The quantitative estimate of drug-likeness (QED) is 0.895. The molecule has 0 aliphatic heterocycles. The maximum Gasteiger partial charge on any atom is 0.404 e. The van der Waals surface area contributed by atoms with Crippen molar-refractivity contribution in [3.8, 4) is 5.88 Å². The van der Waals surface area contributed by atoms with Gasteiger partial charge < -0.3 is 15.2 Å². The Kier molecular flexibility index (Phi) is 3.02. The minimum Gasteiger partial charge on any atom is -0.473 e. The zero-order chi connectivity index (χ0) is 13.4. The summed E-state index contributed by atoms with van der Waals surface area (Å²) < 4.78 is 8.08. The second-order valence-electron chi connectivity index (χ2n) is 4.38. The Morgan fingerprint density at radius 3 is 3.05 bits per heavy atom. The minimum atomic E-state index is -0.995. The highest BCUT2D eigenvalue weighted by atomic mass is 79.9. The van der Waals surface area contributed by atoms with E-state index in [-0.39, 0.29) is 12.1 Å². The van der Waals surface area contributed by atoms with Crippen LogP contribution < -0.4 is 10.1 Å². The predicted molar refractivity (Wildman–Crippen MR) is 69.3 cm³/mol. The van der Waals surface area contributed by atoms with Crippen molar-refractivity contribution in [3.63, 3.8) is 0 Å². The molecule has 0 unspecified atom stereocenters. The topological polar surface area (TPSA) is 88.8 Å². The molecule has 7 nitrogen and oxygen atoms in total. The summed E-state index contributed by atoms with van der Waals surface area (Å²) in [5, 5.41) is 15.3. The van der Waals surface area contributed by atoms with E-state index in [1.165, 1.54) is 0 Å². The number of amides is 1. The fourth-order valence-electron chi connectivity index (χ4n) is 2.02. The Morgan fingerprint density at radius 2 is 2.32 bits per heavy atom. The summed E-state index contributed by atoms with van der Waals surface area (Å²) in [4.78, 5) is 14.6. The molecule has 0 atom stereocenters. The van der Waals surface area contributed by atoms with Crippen LogP contribution in [0.1, 0.15) is 12.8 Å². The molecule has 0 bridgehead atoms. The Balaban J connectivity index is 1.63. The number of fused-ring (bicyclic) bond motifs is 1. The van der Waals surface area contributed by atoms with Gasteiger partial charge in [-0.1, -0.05) is 0 Å². The number of halogens is 1. The van der Waals surface area contributed by atoms with E-state index >= 15 is 0 Å². The zero-order valence-electron chi connectivity index (χ0n) is 9.78. The van der Waals surface area contributed by atoms with E-state index in [4.69, 9.17) is 9.84 Å². The number of nitrogens with one attached hydrogen (secondary N) is 1. The number of hydrogen-bond donors (Lipinski definition) is 2. The van der Waals surface area contributed by atoms with Crippen LogP contribution in [-0.4, -0.2) is 37.9 Å². The van der Waals surface area contributed by atoms with Crippen LogP contribution in [-0.2, 0) is 0 Å². The van der Waals surface area contributed by atoms with Crippen LogP contribution in [0, 0.1) is 0 Å². The van der Waals surface area contributed by atoms with Crippen LogP contribution in [0.5, 0.6) is 5.88 Å². The van der Waals surface area contributed by atoms with Gasteiger partial charge in [0.25, 0.3) is 0 Å². The molecule has 2 N–H and O–H groups in total. The van der Waals surface area contributed by atoms with Crippen LogP contribution >= 0.6 is 15.9 Å². The van der Waals surface area contributed by atoms with Gasteiger partial charge in [0.1, 0.15) is 10.7 Å². The Hall–Kier alpha value is -1.83. The Morgan fingerprint density at radius 1 is 1.53 bits per heavy atom. The largest absolute Gasteiger partial charge is 0.473 e. The third kappa shape index (κ3) is 2.48. The third-order valence-corrected chi connectivity index (χ3v) is 3.55. The van der Waals surface area contributed by atoms with Gasteiger partial charge in [-0.2, -0.15) is 0 Å². The Labute approximate surface area is 116 Å². The molecule has 2 heterocycles. The molecule has 8 heteroatoms. The van der Waals surface area contributed by atoms with Gasteiger partial charge >= 0.3 is 6.09 Å². The molecule has 19 heavy (non-hydrogen) atoms. The average molecular weight is 327 g/mol. The van der Waals surface area contributed by atoms with Crippen molar-refractivity contribution in [3.05, 3.63) is 22.9 Å². The second-order valence-corrected chi connectivity index (χ2v) is 5.19. The minimum absolute atomic E-state index is 0.00379. The maximum atomic E-state index is 10.4. The van der Waals surface area contributed by atoms with Crippen molar-refractivity contribution < 1.29 is 14.6 Å². The van der Waals surface area contributed by atoms with E-state index in [1.807, 2.05) is 6.07 Å². The molecule has 1 aliphatic rings. The monoisotopic (exact) mass is 326 g/mol. The normalized spacial score (nSPS) is 21.9. The van der Waals surface area contributed by atoms with Crippen LogP contribution in [0.4, 0.5) is 4.79 Å². The van der Waals surface area contributed by atoms with Crippen molar-refractivity contribution in [2.45, 2.75) is 25.0 Å². The van der Waals surface area contributed by atoms with Crippen LogP contribution in [0.2, 0.25) is 0 Å². The van der Waals surface area contributed by atoms with Crippen molar-refractivity contribution in [1.29, 1.82) is 0 Å². The van der Waals surface area contributed by atoms with Crippen molar-refractivity contribution in [1.82, 2.24) is 19.9 Å². The van der Waals surface area contributed by atoms with Crippen molar-refractivity contribution in [2.24, 2.45) is 0 Å². The lowest BCUT2D eigenvalue weighted by atomic mass is 9.89. The van der Waals surface area contributed by atoms with Gasteiger partial charge in [-0.3, -0.25) is 0 Å². The number of hydrogen-bond acceptors (Lipinski definition) is 4. The molecule has 1 aliphatic carbocycles. The predicted octanol–water partition coefficient (Wildman–Crippen LogP) is 1.67. The number of carbonyl (C=O) groups is 1. The first kappa shape index (κ1) is 12.2. The highest BCUT2D eigenvalue weighted by Gasteiger charge is 2.32. The molecular weight excluding hydrogens is 316 g/mol. The number of rotatable bonds is 3. The van der Waals surface area contributed by atoms with Gasteiger partial charge in [0.15, 0.2) is 5.65 Å². The van der Waals surface area contributed by atoms with Crippen molar-refractivity contribution in [2.75, 3.05) is 0 Å². The van der Waals surface area contributed by atoms with Gasteiger partial charge in [0.05, 0.1) is 6.20 Å². The van der Waals surface area contributed by atoms with E-state index in [0.717, 1.165) is 10.3 Å². The highest BCUT2D eigenvalue weighted by Crippen LogP contribution is 2.25. The van der Waals surface area contributed by atoms with Gasteiger partial charge in [-0.15, -0.1) is 5.10 Å². The van der Waals surface area contributed by atoms with Gasteiger partial charge in [-0.05, 0) is 22.0 Å². The lowest BCUT2D eigenvalue weighted by Gasteiger charge is -2.34. The van der Waals surface area contributed by atoms with Gasteiger partial charge in [-0.25, -0.2) is 14.3 Å². The molecule has 2 aromatic heterocycles. The van der Waals surface area contributed by atoms with Gasteiger partial charge in [0, 0.05) is 24.9 Å². The molecule has 1 amide bonds. The standard InChI is InChI=1S/C11H11BrN4O3/c12-8-5-13-9-1-2-10(15-16(8)9)19-7-3-6(4-7)14-11(17)18/h1-2,5-7,14H,3-4H2,(H,17,18)/t6-,7-. The first-order valence-electron chi connectivity index (χ1n) is 5.78. The van der Waals surface area contributed by atoms with E-state index in [1.54, 1.807) is 16.8 Å². The number of ether oxygens (including phenoxy) is 1. The first-order valence-corrected chi connectivity index (χ1v) is 6.57. The number of nitrogens with zero attached hydrogens (tertiary/aromatic N) is 3. The molecule has 1 saturated carbocycles. The van der Waals surface area contributed by atoms with E-state index in [9.17, 15) is 4.79 Å². The molecule has 0 aromatic carbocycles. The second kappa shape index (κ2) is 4.69. The Bertz CT molecular complexity index is 623. The average Bonchev–Trinajstić information content (AvgIpc) is 2.68. The summed E-state index contributed by atoms with van der Waals surface area (Å²) in [6, 6.07) is 3.55. The fraction of sp³-hybridized carbons (Fsp3) is 0.364. The first-order chi connectivity index (χ1) is 9.11. The van der Waals surface area contributed by atoms with Crippen LogP contribution in [0.3, 0.4) is 0 Å². The van der Waals surface area contributed by atoms with Crippen LogP contribution in [0.15, 0.2) is 22.9 Å². The molecule has 0 spiro atoms. The van der Waals surface area contributed by atoms with E-state index in [2.05, 4.69) is 31.3 Å². The molecule has 0 saturated heterocycles. The molecule has 0 radical (unpaired) electrons. The summed E-state index contributed by atoms with van der Waals surface area (Å²) in [5.74, 6) is 0.505. The lowest BCUT2D eigenvalue weighted by Crippen LogP contribution is -2.48. The molecular formula is C11H11BrN4O3. The molecule has 2 aromatic rings. The lowest BCUT2D eigenvalue weighted by molar-refractivity contribution is 0.0781. The summed E-state index contributed by atoms with van der Waals surface area (Å²) in [6.45, 7) is 0. The summed E-state index contributed by atoms with van der Waals surface area (Å²) in [7, 11) is 0. The summed E-state index contributed by atoms with van der Waals surface area (Å²) in [5.41, 5.74) is 0.734. The van der Waals surface area contributed by atoms with E-state index < -0.39 is 6.09 Å². The third-order valence-electron chi connectivity index (χ3n) is 3.01. The maximum absolute atomic E-state index is 10.4. The number of carboxylic acid groups (broad SMARTS) is 1. The summed E-state index contributed by atoms with van der Waals surface area (Å²) in [6.07, 6.45) is 2.01. The van der Waals surface area contributed by atoms with Crippen molar-refractivity contribution >= 4 is 27.7 Å². The zero-order valence-corrected chi connectivity index (χ0v) is 11.4. The fourth-order valence-corrected chi connectivity index (χ4v) is 2.38. The smallest absolute Gasteiger partial charge is 0.404 e. The number of aromatic nitrogens is 3.